The molecule has 2 unspecified atom stereocenters. The van der Waals surface area contributed by atoms with Crippen molar-refractivity contribution in [3.63, 3.8) is 0 Å². The molecule has 0 aromatic heterocycles. The summed E-state index contributed by atoms with van der Waals surface area (Å²) in [5.41, 5.74) is -0.683. The van der Waals surface area contributed by atoms with Gasteiger partial charge >= 0.3 is 5.97 Å². The lowest BCUT2D eigenvalue weighted by Crippen LogP contribution is -2.55. The lowest BCUT2D eigenvalue weighted by Gasteiger charge is -2.33. The molecular weight excluding hydrogens is 256 g/mol. The molecule has 0 aromatic carbocycles. The quantitative estimate of drug-likeness (QED) is 0.770. The summed E-state index contributed by atoms with van der Waals surface area (Å²) >= 11 is 0. The summed E-state index contributed by atoms with van der Waals surface area (Å²) in [6.07, 6.45) is 4.88. The van der Waals surface area contributed by atoms with Crippen molar-refractivity contribution in [2.45, 2.75) is 44.6 Å². The molecule has 0 spiro atoms. The fourth-order valence-corrected chi connectivity index (χ4v) is 3.73. The van der Waals surface area contributed by atoms with E-state index in [1.54, 1.807) is 0 Å². The Balaban J connectivity index is 1.91. The first kappa shape index (κ1) is 15.7. The normalized spacial score (nSPS) is 32.1. The van der Waals surface area contributed by atoms with Crippen LogP contribution in [0.2, 0.25) is 0 Å². The Labute approximate surface area is 121 Å². The molecule has 5 nitrogen and oxygen atoms in total. The van der Waals surface area contributed by atoms with E-state index in [4.69, 9.17) is 4.74 Å². The minimum Gasteiger partial charge on any atom is -0.480 e. The van der Waals surface area contributed by atoms with Gasteiger partial charge in [-0.1, -0.05) is 13.3 Å². The maximum absolute atomic E-state index is 11.7. The van der Waals surface area contributed by atoms with Crippen molar-refractivity contribution in [3.05, 3.63) is 0 Å². The Hall–Kier alpha value is -0.650. The maximum atomic E-state index is 11.7. The van der Waals surface area contributed by atoms with Gasteiger partial charge in [0.1, 0.15) is 5.54 Å². The molecular formula is C15H28N2O3. The highest BCUT2D eigenvalue weighted by atomic mass is 16.5. The highest BCUT2D eigenvalue weighted by molar-refractivity contribution is 5.79. The van der Waals surface area contributed by atoms with Crippen molar-refractivity contribution < 1.29 is 14.6 Å². The number of rotatable bonds is 6. The van der Waals surface area contributed by atoms with Crippen LogP contribution in [0.15, 0.2) is 0 Å². The molecule has 5 heteroatoms. The third-order valence-corrected chi connectivity index (χ3v) is 4.80. The number of hydrogen-bond acceptors (Lipinski definition) is 4. The molecule has 20 heavy (non-hydrogen) atoms. The first-order valence-electron chi connectivity index (χ1n) is 7.97. The van der Waals surface area contributed by atoms with Gasteiger partial charge in [-0.3, -0.25) is 4.79 Å². The van der Waals surface area contributed by atoms with E-state index in [9.17, 15) is 9.90 Å². The molecule has 2 rings (SSSR count). The molecule has 1 saturated carbocycles. The number of ether oxygens (including phenoxy) is 1. The smallest absolute Gasteiger partial charge is 0.324 e. The molecule has 2 N–H and O–H groups in total. The molecule has 2 aliphatic rings. The highest BCUT2D eigenvalue weighted by Gasteiger charge is 2.48. The number of carbonyl (C=O) groups is 1. The van der Waals surface area contributed by atoms with Crippen molar-refractivity contribution in [1.82, 2.24) is 10.2 Å². The maximum Gasteiger partial charge on any atom is 0.324 e. The largest absolute Gasteiger partial charge is 0.480 e. The number of hydrogen-bond donors (Lipinski definition) is 2. The molecule has 0 amide bonds. The molecule has 2 fully saturated rings. The second kappa shape index (κ2) is 7.38. The van der Waals surface area contributed by atoms with Crippen LogP contribution in [-0.2, 0) is 9.53 Å². The summed E-state index contributed by atoms with van der Waals surface area (Å²) in [6, 6.07) is 0. The number of nitrogens with one attached hydrogen (secondary N) is 1. The first-order valence-corrected chi connectivity index (χ1v) is 7.97. The second-order valence-corrected chi connectivity index (χ2v) is 5.99. The SMILES string of the molecule is CCNC1(C(=O)O)CCCC1CCN1CCCOCC1. The second-order valence-electron chi connectivity index (χ2n) is 5.99. The number of likely N-dealkylation sites (N-methyl/N-ethyl adjacent to an activating group) is 1. The predicted molar refractivity (Wildman–Crippen MR) is 77.9 cm³/mol. The van der Waals surface area contributed by atoms with Crippen LogP contribution in [0.3, 0.4) is 0 Å². The van der Waals surface area contributed by atoms with Crippen LogP contribution < -0.4 is 5.32 Å². The lowest BCUT2D eigenvalue weighted by atomic mass is 9.84. The van der Waals surface area contributed by atoms with Gasteiger partial charge in [-0.15, -0.1) is 0 Å². The van der Waals surface area contributed by atoms with E-state index in [-0.39, 0.29) is 5.92 Å². The molecule has 1 aliphatic heterocycles. The molecule has 0 bridgehead atoms. The summed E-state index contributed by atoms with van der Waals surface area (Å²) in [7, 11) is 0. The van der Waals surface area contributed by atoms with Crippen molar-refractivity contribution in [1.29, 1.82) is 0 Å². The molecule has 116 valence electrons. The average Bonchev–Trinajstić information content (AvgIpc) is 2.67. The summed E-state index contributed by atoms with van der Waals surface area (Å²) in [6.45, 7) is 7.43. The fraction of sp³-hybridized carbons (Fsp3) is 0.933. The third-order valence-electron chi connectivity index (χ3n) is 4.80. The van der Waals surface area contributed by atoms with Crippen LogP contribution >= 0.6 is 0 Å². The minimum atomic E-state index is -0.683. The first-order chi connectivity index (χ1) is 9.69. The number of nitrogens with zero attached hydrogens (tertiary/aromatic N) is 1. The van der Waals surface area contributed by atoms with E-state index in [2.05, 4.69) is 10.2 Å². The van der Waals surface area contributed by atoms with Gasteiger partial charge in [-0.2, -0.15) is 0 Å². The summed E-state index contributed by atoms with van der Waals surface area (Å²) in [5, 5.41) is 12.9. The van der Waals surface area contributed by atoms with Crippen LogP contribution in [0.5, 0.6) is 0 Å². The van der Waals surface area contributed by atoms with Crippen molar-refractivity contribution in [3.8, 4) is 0 Å². The van der Waals surface area contributed by atoms with Crippen LogP contribution in [0.4, 0.5) is 0 Å². The zero-order valence-electron chi connectivity index (χ0n) is 12.6. The lowest BCUT2D eigenvalue weighted by molar-refractivity contribution is -0.146. The standard InChI is InChI=1S/C15H28N2O3/c1-2-16-15(14(18)19)7-3-5-13(15)6-9-17-8-4-11-20-12-10-17/h13,16H,2-12H2,1H3,(H,18,19). The van der Waals surface area contributed by atoms with Crippen molar-refractivity contribution in [2.24, 2.45) is 5.92 Å². The van der Waals surface area contributed by atoms with Gasteiger partial charge in [0.2, 0.25) is 0 Å². The van der Waals surface area contributed by atoms with Gasteiger partial charge in [0.05, 0.1) is 6.61 Å². The predicted octanol–water partition coefficient (Wildman–Crippen LogP) is 1.33. The van der Waals surface area contributed by atoms with Gasteiger partial charge in [0.25, 0.3) is 0 Å². The Kier molecular flexibility index (Phi) is 5.81. The Morgan fingerprint density at radius 1 is 1.40 bits per heavy atom. The van der Waals surface area contributed by atoms with Crippen molar-refractivity contribution in [2.75, 3.05) is 39.4 Å². The van der Waals surface area contributed by atoms with E-state index >= 15 is 0 Å². The molecule has 0 aromatic rings. The summed E-state index contributed by atoms with van der Waals surface area (Å²) < 4.78 is 5.47. The zero-order valence-corrected chi connectivity index (χ0v) is 12.6. The monoisotopic (exact) mass is 284 g/mol. The average molecular weight is 284 g/mol. The van der Waals surface area contributed by atoms with E-state index in [1.165, 1.54) is 0 Å². The van der Waals surface area contributed by atoms with Gasteiger partial charge in [0.15, 0.2) is 0 Å². The van der Waals surface area contributed by atoms with Crippen LogP contribution in [0.1, 0.15) is 39.0 Å². The van der Waals surface area contributed by atoms with Crippen LogP contribution in [0, 0.1) is 5.92 Å². The van der Waals surface area contributed by atoms with E-state index in [0.29, 0.717) is 0 Å². The van der Waals surface area contributed by atoms with Gasteiger partial charge in [0, 0.05) is 19.7 Å². The molecule has 2 atom stereocenters. The van der Waals surface area contributed by atoms with Gasteiger partial charge in [-0.25, -0.2) is 0 Å². The van der Waals surface area contributed by atoms with E-state index in [1.807, 2.05) is 6.92 Å². The molecule has 1 aliphatic carbocycles. The summed E-state index contributed by atoms with van der Waals surface area (Å²) in [5.74, 6) is -0.412. The zero-order chi connectivity index (χ0) is 14.4. The highest BCUT2D eigenvalue weighted by Crippen LogP contribution is 2.38. The van der Waals surface area contributed by atoms with Crippen LogP contribution in [0.25, 0.3) is 0 Å². The fourth-order valence-electron chi connectivity index (χ4n) is 3.73. The van der Waals surface area contributed by atoms with Gasteiger partial charge < -0.3 is 20.1 Å². The Bertz CT molecular complexity index is 316. The van der Waals surface area contributed by atoms with Crippen LogP contribution in [-0.4, -0.2) is 60.9 Å². The Morgan fingerprint density at radius 3 is 3.00 bits per heavy atom. The number of carboxylic acid groups (broad SMARTS) is 1. The van der Waals surface area contributed by atoms with Crippen molar-refractivity contribution >= 4 is 5.97 Å². The molecule has 0 radical (unpaired) electrons. The molecule has 1 heterocycles. The summed E-state index contributed by atoms with van der Waals surface area (Å²) in [4.78, 5) is 14.2. The third kappa shape index (κ3) is 3.51. The van der Waals surface area contributed by atoms with E-state index < -0.39 is 11.5 Å². The topological polar surface area (TPSA) is 61.8 Å². The number of aliphatic carboxylic acids is 1. The number of carboxylic acids is 1. The van der Waals surface area contributed by atoms with E-state index in [0.717, 1.165) is 71.5 Å². The molecule has 1 saturated heterocycles. The minimum absolute atomic E-state index is 0.254. The Morgan fingerprint density at radius 2 is 2.25 bits per heavy atom. The van der Waals surface area contributed by atoms with Gasteiger partial charge in [-0.05, 0) is 44.7 Å².